The third kappa shape index (κ3) is 1.38. The molecule has 0 spiro atoms. The van der Waals surface area contributed by atoms with E-state index in [0.717, 1.165) is 5.57 Å². The first-order chi connectivity index (χ1) is 7.18. The molecule has 0 amide bonds. The van der Waals surface area contributed by atoms with Gasteiger partial charge < -0.3 is 0 Å². The van der Waals surface area contributed by atoms with Crippen LogP contribution in [-0.4, -0.2) is 13.5 Å². The number of hydrogen-bond acceptors (Lipinski definition) is 0. The summed E-state index contributed by atoms with van der Waals surface area (Å²) in [4.78, 5) is 1.40. The van der Waals surface area contributed by atoms with Crippen LogP contribution in [0.15, 0.2) is 47.7 Å². The predicted octanol–water partition coefficient (Wildman–Crippen LogP) is 2.17. The van der Waals surface area contributed by atoms with Crippen molar-refractivity contribution in [1.82, 2.24) is 0 Å². The summed E-state index contributed by atoms with van der Waals surface area (Å²) in [5.41, 5.74) is 1.10. The van der Waals surface area contributed by atoms with Crippen molar-refractivity contribution < 1.29 is 0 Å². The van der Waals surface area contributed by atoms with E-state index in [9.17, 15) is 0 Å². The lowest BCUT2D eigenvalue weighted by atomic mass is 10.0. The molecule has 1 aliphatic heterocycles. The molecular formula is C12H8Cl2Si. The van der Waals surface area contributed by atoms with Gasteiger partial charge in [0.1, 0.15) is 0 Å². The number of hydrogen-bond donors (Lipinski definition) is 0. The molecule has 1 heterocycles. The largest absolute Gasteiger partial charge is 0.162 e. The minimum Gasteiger partial charge on any atom is -0.0916 e. The minimum absolute atomic E-state index is 0.157. The summed E-state index contributed by atoms with van der Waals surface area (Å²) >= 11 is 12.6. The molecule has 1 aromatic carbocycles. The van der Waals surface area contributed by atoms with Crippen LogP contribution in [-0.2, 0) is 0 Å². The van der Waals surface area contributed by atoms with E-state index in [0.29, 0.717) is 0 Å². The minimum atomic E-state index is -0.844. The maximum absolute atomic E-state index is 6.31. The van der Waals surface area contributed by atoms with E-state index in [1.54, 1.807) is 0 Å². The molecule has 0 fully saturated rings. The molecule has 15 heavy (non-hydrogen) atoms. The van der Waals surface area contributed by atoms with Gasteiger partial charge in [-0.05, 0) is 21.3 Å². The Hall–Kier alpha value is -0.633. The zero-order valence-electron chi connectivity index (χ0n) is 7.87. The quantitative estimate of drug-likeness (QED) is 0.489. The highest BCUT2D eigenvalue weighted by Crippen LogP contribution is 2.39. The number of allylic oxidation sites excluding steroid dienone is 4. The molecule has 3 heteroatoms. The molecule has 2 aliphatic rings. The highest BCUT2D eigenvalue weighted by Gasteiger charge is 2.32. The number of alkyl halides is 2. The average Bonchev–Trinajstić information content (AvgIpc) is 2.56. The second kappa shape index (κ2) is 3.18. The van der Waals surface area contributed by atoms with Gasteiger partial charge in [0.15, 0.2) is 4.33 Å². The molecule has 0 aromatic heterocycles. The maximum Gasteiger partial charge on any atom is 0.162 e. The summed E-state index contributed by atoms with van der Waals surface area (Å²) in [5.74, 6) is 0. The number of fused-ring (bicyclic) bond motifs is 2. The molecule has 0 N–H and O–H groups in total. The van der Waals surface area contributed by atoms with E-state index >= 15 is 0 Å². The van der Waals surface area contributed by atoms with Gasteiger partial charge in [0.05, 0.1) is 0 Å². The standard InChI is InChI=1S/C12H8Cl2Si/c13-12(14)7-3-6-10-11(12)8-4-1-2-5-9(8)15-10/h1-7,15H. The fourth-order valence-corrected chi connectivity index (χ4v) is 4.53. The lowest BCUT2D eigenvalue weighted by Gasteiger charge is -2.21. The predicted molar refractivity (Wildman–Crippen MR) is 67.1 cm³/mol. The first-order valence-corrected chi connectivity index (χ1v) is 6.69. The van der Waals surface area contributed by atoms with E-state index in [1.807, 2.05) is 18.2 Å². The van der Waals surface area contributed by atoms with E-state index in [4.69, 9.17) is 23.2 Å². The van der Waals surface area contributed by atoms with E-state index in [-0.39, 0.29) is 9.13 Å². The summed E-state index contributed by atoms with van der Waals surface area (Å²) in [6.07, 6.45) is 5.93. The topological polar surface area (TPSA) is 0 Å². The molecule has 74 valence electrons. The monoisotopic (exact) mass is 250 g/mol. The summed E-state index contributed by atoms with van der Waals surface area (Å²) in [5, 5.41) is 2.55. The van der Waals surface area contributed by atoms with Crippen LogP contribution < -0.4 is 5.22 Å². The molecule has 1 aliphatic carbocycles. The van der Waals surface area contributed by atoms with Gasteiger partial charge in [-0.3, -0.25) is 0 Å². The Morgan fingerprint density at radius 2 is 1.93 bits per heavy atom. The second-order valence-corrected chi connectivity index (χ2v) is 6.63. The summed E-state index contributed by atoms with van der Waals surface area (Å²) in [6, 6.07) is 8.39. The van der Waals surface area contributed by atoms with Gasteiger partial charge >= 0.3 is 0 Å². The third-order valence-corrected chi connectivity index (χ3v) is 4.98. The molecule has 0 unspecified atom stereocenters. The van der Waals surface area contributed by atoms with Crippen molar-refractivity contribution in [3.8, 4) is 0 Å². The van der Waals surface area contributed by atoms with E-state index in [1.165, 1.54) is 15.2 Å². The van der Waals surface area contributed by atoms with Crippen LogP contribution in [0.1, 0.15) is 0 Å². The zero-order valence-corrected chi connectivity index (χ0v) is 10.5. The molecule has 0 bridgehead atoms. The molecule has 1 aromatic rings. The van der Waals surface area contributed by atoms with Crippen LogP contribution in [0.4, 0.5) is 0 Å². The summed E-state index contributed by atoms with van der Waals surface area (Å²) in [6.45, 7) is 0. The molecule has 0 saturated carbocycles. The Bertz CT molecular complexity index is 609. The van der Waals surface area contributed by atoms with Crippen molar-refractivity contribution in [3.63, 3.8) is 0 Å². The van der Waals surface area contributed by atoms with Gasteiger partial charge in [0.25, 0.3) is 0 Å². The Labute approximate surface area is 100.0 Å². The Morgan fingerprint density at radius 3 is 2.80 bits per heavy atom. The highest BCUT2D eigenvalue weighted by molar-refractivity contribution is 6.59. The fraction of sp³-hybridized carbons (Fsp3) is 0.0833. The van der Waals surface area contributed by atoms with Gasteiger partial charge in [-0.2, -0.15) is 0 Å². The smallest absolute Gasteiger partial charge is 0.0916 e. The van der Waals surface area contributed by atoms with Gasteiger partial charge in [-0.1, -0.05) is 59.6 Å². The SMILES string of the molecule is ClC1(Cl)C=CC=C2[SiH]=c3ccccc3=C21. The van der Waals surface area contributed by atoms with Crippen molar-refractivity contribution in [2.75, 3.05) is 0 Å². The molecular weight excluding hydrogens is 243 g/mol. The van der Waals surface area contributed by atoms with Crippen LogP contribution in [0.5, 0.6) is 0 Å². The van der Waals surface area contributed by atoms with Crippen LogP contribution in [0.3, 0.4) is 0 Å². The van der Waals surface area contributed by atoms with Crippen molar-refractivity contribution in [2.24, 2.45) is 0 Å². The van der Waals surface area contributed by atoms with Crippen LogP contribution >= 0.6 is 23.2 Å². The average molecular weight is 251 g/mol. The van der Waals surface area contributed by atoms with E-state index in [2.05, 4.69) is 24.3 Å². The Morgan fingerprint density at radius 1 is 1.13 bits per heavy atom. The van der Waals surface area contributed by atoms with E-state index < -0.39 is 4.33 Å². The number of halogens is 2. The normalized spacial score (nSPS) is 20.4. The molecule has 0 radical (unpaired) electrons. The zero-order chi connectivity index (χ0) is 10.5. The molecule has 0 saturated heterocycles. The number of benzene rings is 1. The van der Waals surface area contributed by atoms with Gasteiger partial charge in [0.2, 0.25) is 0 Å². The second-order valence-electron chi connectivity index (χ2n) is 3.71. The molecule has 3 rings (SSSR count). The Kier molecular flexibility index (Phi) is 2.03. The first kappa shape index (κ1) is 9.58. The lowest BCUT2D eigenvalue weighted by Crippen LogP contribution is -2.21. The van der Waals surface area contributed by atoms with Gasteiger partial charge in [-0.25, -0.2) is 0 Å². The molecule has 0 nitrogen and oxygen atoms in total. The van der Waals surface area contributed by atoms with Gasteiger partial charge in [0, 0.05) is 14.7 Å². The Balaban J connectivity index is 2.47. The van der Waals surface area contributed by atoms with Crippen molar-refractivity contribution in [1.29, 1.82) is 0 Å². The van der Waals surface area contributed by atoms with Crippen molar-refractivity contribution in [2.45, 2.75) is 4.33 Å². The first-order valence-electron chi connectivity index (χ1n) is 4.78. The summed E-state index contributed by atoms with van der Waals surface area (Å²) in [7, 11) is 0.157. The third-order valence-electron chi connectivity index (χ3n) is 2.74. The number of rotatable bonds is 0. The van der Waals surface area contributed by atoms with Crippen molar-refractivity contribution in [3.05, 3.63) is 57.7 Å². The van der Waals surface area contributed by atoms with Crippen LogP contribution in [0, 0.1) is 4.81 Å². The maximum atomic E-state index is 6.31. The fourth-order valence-electron chi connectivity index (χ4n) is 2.11. The van der Waals surface area contributed by atoms with Gasteiger partial charge in [-0.15, -0.1) is 0 Å². The van der Waals surface area contributed by atoms with Crippen LogP contribution in [0.25, 0.3) is 5.57 Å². The highest BCUT2D eigenvalue weighted by atomic mass is 35.5. The van der Waals surface area contributed by atoms with Crippen molar-refractivity contribution >= 4 is 37.9 Å². The lowest BCUT2D eigenvalue weighted by molar-refractivity contribution is 1.26. The van der Waals surface area contributed by atoms with Crippen LogP contribution in [0.2, 0.25) is 0 Å². The summed E-state index contributed by atoms with van der Waals surface area (Å²) < 4.78 is -0.844. The molecule has 0 atom stereocenters.